The molecule has 0 aliphatic heterocycles. The van der Waals surface area contributed by atoms with Gasteiger partial charge < -0.3 is 11.5 Å². The van der Waals surface area contributed by atoms with E-state index in [0.29, 0.717) is 17.8 Å². The van der Waals surface area contributed by atoms with Gasteiger partial charge in [0.25, 0.3) is 0 Å². The monoisotopic (exact) mass is 797 g/mol. The number of unbranched alkanes of at least 4 members (excludes halogenated alkanes) is 13. The summed E-state index contributed by atoms with van der Waals surface area (Å²) in [5.41, 5.74) is 25.9. The minimum atomic E-state index is 0.0169. The lowest BCUT2D eigenvalue weighted by atomic mass is 9.59. The molecule has 0 heterocycles. The molecule has 2 nitrogen and oxygen atoms in total. The summed E-state index contributed by atoms with van der Waals surface area (Å²) in [5, 5.41) is 0. The third-order valence-corrected chi connectivity index (χ3v) is 14.4. The van der Waals surface area contributed by atoms with Crippen molar-refractivity contribution in [3.05, 3.63) is 129 Å². The molecule has 4 aromatic rings. The van der Waals surface area contributed by atoms with E-state index in [2.05, 4.69) is 120 Å². The second-order valence-electron chi connectivity index (χ2n) is 18.8. The molecular formula is C57H84N2. The van der Waals surface area contributed by atoms with E-state index in [1.807, 2.05) is 0 Å². The van der Waals surface area contributed by atoms with Gasteiger partial charge in [0, 0.05) is 28.6 Å². The van der Waals surface area contributed by atoms with Crippen LogP contribution in [0.4, 0.5) is 11.4 Å². The summed E-state index contributed by atoms with van der Waals surface area (Å²) in [7, 11) is 0. The highest BCUT2D eigenvalue weighted by atomic mass is 14.5. The van der Waals surface area contributed by atoms with Crippen LogP contribution >= 0.6 is 0 Å². The summed E-state index contributed by atoms with van der Waals surface area (Å²) in [6.45, 7) is 11.5. The van der Waals surface area contributed by atoms with Crippen molar-refractivity contribution in [2.24, 2.45) is 5.92 Å². The molecule has 2 heteroatoms. The molecule has 0 aromatic heterocycles. The van der Waals surface area contributed by atoms with Crippen LogP contribution in [0.3, 0.4) is 0 Å². The standard InChI is InChI=1S/C57H84N2/c1-6-9-12-15-17-22-27-55(53-39-37-51(58)42-44(53)4)46-29-33-49(34-30-46)57(41-24-14-11-8-3,48-25-20-19-21-26-48)50-35-31-47(32-36-50)56(28-23-18-16-13-10-7-2)54-40-38-52(59)43-45(54)5/h29-40,42-43,48,55-56H,6-28,41,58-59H2,1-5H3. The smallest absolute Gasteiger partial charge is 0.0316 e. The van der Waals surface area contributed by atoms with Crippen molar-refractivity contribution < 1.29 is 0 Å². The Labute approximate surface area is 362 Å². The predicted molar refractivity (Wildman–Crippen MR) is 260 cm³/mol. The zero-order valence-electron chi connectivity index (χ0n) is 38.4. The van der Waals surface area contributed by atoms with E-state index in [1.165, 1.54) is 187 Å². The third kappa shape index (κ3) is 13.0. The summed E-state index contributed by atoms with van der Waals surface area (Å²) >= 11 is 0. The average Bonchev–Trinajstić information content (AvgIpc) is 3.25. The maximum atomic E-state index is 6.29. The number of hydrogen-bond donors (Lipinski definition) is 2. The second kappa shape index (κ2) is 24.7. The molecule has 5 rings (SSSR count). The summed E-state index contributed by atoms with van der Waals surface area (Å²) in [5.74, 6) is 1.44. The van der Waals surface area contributed by atoms with Gasteiger partial charge in [-0.2, -0.15) is 0 Å². The van der Waals surface area contributed by atoms with Crippen LogP contribution in [0, 0.1) is 19.8 Å². The van der Waals surface area contributed by atoms with Gasteiger partial charge in [-0.15, -0.1) is 0 Å². The predicted octanol–water partition coefficient (Wildman–Crippen LogP) is 17.1. The van der Waals surface area contributed by atoms with E-state index in [-0.39, 0.29) is 5.41 Å². The van der Waals surface area contributed by atoms with Crippen molar-refractivity contribution >= 4 is 11.4 Å². The van der Waals surface area contributed by atoms with Crippen LogP contribution in [-0.2, 0) is 5.41 Å². The first-order valence-corrected chi connectivity index (χ1v) is 24.7. The fraction of sp³-hybridized carbons (Fsp3) is 0.579. The molecule has 59 heavy (non-hydrogen) atoms. The molecule has 1 aliphatic carbocycles. The van der Waals surface area contributed by atoms with Gasteiger partial charge in [0.1, 0.15) is 0 Å². The Kier molecular flexibility index (Phi) is 19.5. The van der Waals surface area contributed by atoms with Gasteiger partial charge in [0.05, 0.1) is 0 Å². The Balaban J connectivity index is 1.53. The van der Waals surface area contributed by atoms with Gasteiger partial charge in [0.15, 0.2) is 0 Å². The first-order chi connectivity index (χ1) is 28.8. The lowest BCUT2D eigenvalue weighted by molar-refractivity contribution is 0.220. The minimum absolute atomic E-state index is 0.0169. The van der Waals surface area contributed by atoms with E-state index in [1.54, 1.807) is 11.1 Å². The number of benzene rings is 4. The highest BCUT2D eigenvalue weighted by Crippen LogP contribution is 2.50. The molecule has 1 aliphatic rings. The highest BCUT2D eigenvalue weighted by molar-refractivity contribution is 5.51. The molecule has 1 saturated carbocycles. The molecule has 2 unspecified atom stereocenters. The maximum absolute atomic E-state index is 6.29. The van der Waals surface area contributed by atoms with Crippen LogP contribution in [0.5, 0.6) is 0 Å². The number of rotatable bonds is 26. The molecular weight excluding hydrogens is 713 g/mol. The van der Waals surface area contributed by atoms with Gasteiger partial charge in [-0.25, -0.2) is 0 Å². The lowest BCUT2D eigenvalue weighted by Crippen LogP contribution is -2.38. The quantitative estimate of drug-likeness (QED) is 0.0491. The van der Waals surface area contributed by atoms with Crippen LogP contribution in [0.2, 0.25) is 0 Å². The molecule has 0 saturated heterocycles. The van der Waals surface area contributed by atoms with Crippen LogP contribution in [-0.4, -0.2) is 0 Å². The van der Waals surface area contributed by atoms with Gasteiger partial charge in [-0.3, -0.25) is 0 Å². The highest BCUT2D eigenvalue weighted by Gasteiger charge is 2.42. The molecule has 0 radical (unpaired) electrons. The molecule has 1 fully saturated rings. The van der Waals surface area contributed by atoms with Crippen molar-refractivity contribution in [1.29, 1.82) is 0 Å². The molecule has 4 aromatic carbocycles. The van der Waals surface area contributed by atoms with Gasteiger partial charge in [-0.05, 0) is 121 Å². The Morgan fingerprint density at radius 3 is 1.27 bits per heavy atom. The largest absolute Gasteiger partial charge is 0.399 e. The SMILES string of the molecule is CCCCCCCCC(c1ccc(C(CCCCCC)(c2ccc(C(CCCCCCCC)c3ccc(N)cc3C)cc2)C2CCCCC2)cc1)c1ccc(N)cc1C. The number of aryl methyl sites for hydroxylation is 2. The van der Waals surface area contributed by atoms with Gasteiger partial charge >= 0.3 is 0 Å². The van der Waals surface area contributed by atoms with Gasteiger partial charge in [0.2, 0.25) is 0 Å². The topological polar surface area (TPSA) is 52.0 Å². The van der Waals surface area contributed by atoms with E-state index in [4.69, 9.17) is 11.5 Å². The summed E-state index contributed by atoms with van der Waals surface area (Å²) < 4.78 is 0. The molecule has 0 spiro atoms. The van der Waals surface area contributed by atoms with Crippen molar-refractivity contribution in [1.82, 2.24) is 0 Å². The van der Waals surface area contributed by atoms with Crippen LogP contribution in [0.1, 0.15) is 231 Å². The van der Waals surface area contributed by atoms with E-state index >= 15 is 0 Å². The Bertz CT molecular complexity index is 1650. The zero-order valence-corrected chi connectivity index (χ0v) is 38.4. The zero-order chi connectivity index (χ0) is 41.9. The molecule has 0 bridgehead atoms. The first-order valence-electron chi connectivity index (χ1n) is 24.7. The number of hydrogen-bond acceptors (Lipinski definition) is 2. The average molecular weight is 797 g/mol. The van der Waals surface area contributed by atoms with Gasteiger partial charge in [-0.1, -0.05) is 203 Å². The minimum Gasteiger partial charge on any atom is -0.399 e. The third-order valence-electron chi connectivity index (χ3n) is 14.4. The maximum Gasteiger partial charge on any atom is 0.0316 e. The Hall–Kier alpha value is -3.52. The van der Waals surface area contributed by atoms with Crippen molar-refractivity contribution in [3.63, 3.8) is 0 Å². The normalized spacial score (nSPS) is 15.5. The van der Waals surface area contributed by atoms with Crippen molar-refractivity contribution in [2.45, 2.75) is 206 Å². The number of nitrogens with two attached hydrogens (primary N) is 2. The first kappa shape index (κ1) is 46.5. The molecule has 0 amide bonds. The van der Waals surface area contributed by atoms with E-state index in [9.17, 15) is 0 Å². The fourth-order valence-corrected chi connectivity index (χ4v) is 11.0. The van der Waals surface area contributed by atoms with E-state index in [0.717, 1.165) is 11.4 Å². The molecule has 2 atom stereocenters. The van der Waals surface area contributed by atoms with E-state index < -0.39 is 0 Å². The summed E-state index contributed by atoms with van der Waals surface area (Å²) in [6.07, 6.45) is 31.4. The van der Waals surface area contributed by atoms with Crippen LogP contribution in [0.25, 0.3) is 0 Å². The molecule has 4 N–H and O–H groups in total. The van der Waals surface area contributed by atoms with Crippen molar-refractivity contribution in [3.8, 4) is 0 Å². The summed E-state index contributed by atoms with van der Waals surface area (Å²) in [4.78, 5) is 0. The van der Waals surface area contributed by atoms with Crippen molar-refractivity contribution in [2.75, 3.05) is 11.5 Å². The number of nitrogen functional groups attached to an aromatic ring is 2. The number of anilines is 2. The van der Waals surface area contributed by atoms with Crippen LogP contribution in [0.15, 0.2) is 84.9 Å². The lowest BCUT2D eigenvalue weighted by Gasteiger charge is -2.45. The molecule has 322 valence electrons. The Morgan fingerprint density at radius 2 is 0.864 bits per heavy atom. The van der Waals surface area contributed by atoms with Crippen LogP contribution < -0.4 is 11.5 Å². The summed E-state index contributed by atoms with van der Waals surface area (Å²) in [6, 6.07) is 33.7. The fourth-order valence-electron chi connectivity index (χ4n) is 11.0. The Morgan fingerprint density at radius 1 is 0.475 bits per heavy atom. The second-order valence-corrected chi connectivity index (χ2v) is 18.8.